The van der Waals surface area contributed by atoms with Crippen molar-refractivity contribution in [2.24, 2.45) is 0 Å². The lowest BCUT2D eigenvalue weighted by Crippen LogP contribution is -2.04. The molecule has 0 amide bonds. The van der Waals surface area contributed by atoms with Crippen molar-refractivity contribution in [1.82, 2.24) is 0 Å². The van der Waals surface area contributed by atoms with Crippen LogP contribution in [0.25, 0.3) is 22.3 Å². The van der Waals surface area contributed by atoms with Crippen molar-refractivity contribution in [3.8, 4) is 28.6 Å². The van der Waals surface area contributed by atoms with E-state index in [1.54, 1.807) is 12.1 Å². The van der Waals surface area contributed by atoms with Crippen molar-refractivity contribution in [1.29, 1.82) is 0 Å². The molecule has 0 aliphatic heterocycles. The molecule has 0 unspecified atom stereocenters. The minimum absolute atomic E-state index is 0.0503. The van der Waals surface area contributed by atoms with Crippen molar-refractivity contribution in [2.45, 2.75) is 13.8 Å². The maximum atomic E-state index is 12.6. The van der Waals surface area contributed by atoms with E-state index >= 15 is 0 Å². The van der Waals surface area contributed by atoms with E-state index in [9.17, 15) is 15.0 Å². The molecule has 1 heterocycles. The summed E-state index contributed by atoms with van der Waals surface area (Å²) in [6.07, 6.45) is 1.88. The number of fused-ring (bicyclic) bond motifs is 1. The number of hydrogen-bond donors (Lipinski definition) is 2. The lowest BCUT2D eigenvalue weighted by molar-refractivity contribution is 0.362. The molecule has 0 saturated carbocycles. The highest BCUT2D eigenvalue weighted by atomic mass is 16.5. The lowest BCUT2D eigenvalue weighted by atomic mass is 10.1. The van der Waals surface area contributed by atoms with Gasteiger partial charge in [0.05, 0.1) is 0 Å². The topological polar surface area (TPSA) is 79.9 Å². The zero-order chi connectivity index (χ0) is 18.0. The summed E-state index contributed by atoms with van der Waals surface area (Å²) in [7, 11) is 0. The van der Waals surface area contributed by atoms with Gasteiger partial charge in [0.25, 0.3) is 0 Å². The van der Waals surface area contributed by atoms with Gasteiger partial charge in [0, 0.05) is 23.8 Å². The fourth-order valence-electron chi connectivity index (χ4n) is 2.42. The first kappa shape index (κ1) is 16.6. The molecule has 0 spiro atoms. The van der Waals surface area contributed by atoms with Crippen LogP contribution < -0.4 is 10.2 Å². The molecule has 25 heavy (non-hydrogen) atoms. The molecule has 2 N–H and O–H groups in total. The van der Waals surface area contributed by atoms with E-state index in [0.717, 1.165) is 5.57 Å². The third-order valence-corrected chi connectivity index (χ3v) is 3.66. The molecule has 0 fully saturated rings. The van der Waals surface area contributed by atoms with Crippen LogP contribution in [0.4, 0.5) is 0 Å². The van der Waals surface area contributed by atoms with E-state index in [2.05, 4.69) is 0 Å². The van der Waals surface area contributed by atoms with E-state index in [4.69, 9.17) is 9.15 Å². The van der Waals surface area contributed by atoms with E-state index in [-0.39, 0.29) is 33.6 Å². The summed E-state index contributed by atoms with van der Waals surface area (Å²) in [6.45, 7) is 4.19. The average Bonchev–Trinajstić information content (AvgIpc) is 2.54. The van der Waals surface area contributed by atoms with Gasteiger partial charge in [-0.1, -0.05) is 5.57 Å². The van der Waals surface area contributed by atoms with Gasteiger partial charge < -0.3 is 19.4 Å². The van der Waals surface area contributed by atoms with Crippen LogP contribution in [-0.4, -0.2) is 16.8 Å². The molecule has 3 rings (SSSR count). The molecule has 5 heteroatoms. The molecule has 0 aliphatic rings. The molecule has 3 aromatic rings. The second kappa shape index (κ2) is 6.73. The van der Waals surface area contributed by atoms with Gasteiger partial charge in [-0.15, -0.1) is 0 Å². The van der Waals surface area contributed by atoms with Crippen LogP contribution in [0.5, 0.6) is 17.2 Å². The number of rotatable bonds is 4. The van der Waals surface area contributed by atoms with Crippen LogP contribution >= 0.6 is 0 Å². The number of aromatic hydroxyl groups is 2. The Morgan fingerprint density at radius 2 is 1.80 bits per heavy atom. The first-order valence-corrected chi connectivity index (χ1v) is 7.80. The van der Waals surface area contributed by atoms with Gasteiger partial charge in [-0.25, -0.2) is 0 Å². The highest BCUT2D eigenvalue weighted by Crippen LogP contribution is 2.31. The summed E-state index contributed by atoms with van der Waals surface area (Å²) in [5.41, 5.74) is 1.71. The normalized spacial score (nSPS) is 10.6. The van der Waals surface area contributed by atoms with Crippen LogP contribution in [-0.2, 0) is 0 Å². The Balaban J connectivity index is 2.11. The highest BCUT2D eigenvalue weighted by molar-refractivity contribution is 5.86. The molecule has 0 aliphatic carbocycles. The Morgan fingerprint density at radius 3 is 2.48 bits per heavy atom. The third-order valence-electron chi connectivity index (χ3n) is 3.66. The molecule has 5 nitrogen and oxygen atoms in total. The van der Waals surface area contributed by atoms with Crippen LogP contribution in [0.2, 0.25) is 0 Å². The van der Waals surface area contributed by atoms with Crippen molar-refractivity contribution < 1.29 is 19.4 Å². The smallest absolute Gasteiger partial charge is 0.197 e. The average molecular weight is 338 g/mol. The van der Waals surface area contributed by atoms with Gasteiger partial charge in [0.1, 0.15) is 40.6 Å². The van der Waals surface area contributed by atoms with Crippen molar-refractivity contribution in [3.63, 3.8) is 0 Å². The Morgan fingerprint density at radius 1 is 1.08 bits per heavy atom. The molecular weight excluding hydrogens is 320 g/mol. The van der Waals surface area contributed by atoms with Gasteiger partial charge in [0.15, 0.2) is 5.43 Å². The van der Waals surface area contributed by atoms with Crippen LogP contribution in [0, 0.1) is 0 Å². The second-order valence-corrected chi connectivity index (χ2v) is 5.93. The molecule has 1 aromatic heterocycles. The maximum Gasteiger partial charge on any atom is 0.197 e. The van der Waals surface area contributed by atoms with Gasteiger partial charge >= 0.3 is 0 Å². The summed E-state index contributed by atoms with van der Waals surface area (Å²) in [6, 6.07) is 10.5. The second-order valence-electron chi connectivity index (χ2n) is 5.93. The predicted octanol–water partition coefficient (Wildman–Crippen LogP) is 4.22. The Bertz CT molecular complexity index is 993. The van der Waals surface area contributed by atoms with Crippen LogP contribution in [0.15, 0.2) is 63.3 Å². The van der Waals surface area contributed by atoms with Gasteiger partial charge in [-0.05, 0) is 44.2 Å². The van der Waals surface area contributed by atoms with Crippen molar-refractivity contribution in [3.05, 3.63) is 64.3 Å². The summed E-state index contributed by atoms with van der Waals surface area (Å²) in [5, 5.41) is 19.6. The first-order chi connectivity index (χ1) is 11.9. The summed E-state index contributed by atoms with van der Waals surface area (Å²) >= 11 is 0. The van der Waals surface area contributed by atoms with E-state index in [1.807, 2.05) is 19.9 Å². The number of phenolic OH excluding ortho intramolecular Hbond substituents is 2. The number of phenols is 2. The molecule has 0 saturated heterocycles. The van der Waals surface area contributed by atoms with Crippen LogP contribution in [0.1, 0.15) is 13.8 Å². The number of benzene rings is 2. The SMILES string of the molecule is CC(C)=CCOc1cc(O)cc2oc(-c3ccc(O)cc3)cc(=O)c12. The summed E-state index contributed by atoms with van der Waals surface area (Å²) in [4.78, 5) is 12.6. The number of hydrogen-bond acceptors (Lipinski definition) is 5. The Labute approximate surface area is 144 Å². The summed E-state index contributed by atoms with van der Waals surface area (Å²) < 4.78 is 11.4. The highest BCUT2D eigenvalue weighted by Gasteiger charge is 2.13. The van der Waals surface area contributed by atoms with Crippen molar-refractivity contribution in [2.75, 3.05) is 6.61 Å². The van der Waals surface area contributed by atoms with Crippen molar-refractivity contribution >= 4 is 11.0 Å². The molecular formula is C20H18O5. The van der Waals surface area contributed by atoms with E-state index < -0.39 is 0 Å². The molecule has 0 atom stereocenters. The van der Waals surface area contributed by atoms with Gasteiger partial charge in [-0.2, -0.15) is 0 Å². The van der Waals surface area contributed by atoms with Gasteiger partial charge in [0.2, 0.25) is 0 Å². The third kappa shape index (κ3) is 3.66. The minimum atomic E-state index is -0.267. The largest absolute Gasteiger partial charge is 0.508 e. The predicted molar refractivity (Wildman–Crippen MR) is 96.2 cm³/mol. The van der Waals surface area contributed by atoms with Crippen LogP contribution in [0.3, 0.4) is 0 Å². The zero-order valence-electron chi connectivity index (χ0n) is 13.9. The minimum Gasteiger partial charge on any atom is -0.508 e. The maximum absolute atomic E-state index is 12.6. The van der Waals surface area contributed by atoms with Gasteiger partial charge in [-0.3, -0.25) is 4.79 Å². The van der Waals surface area contributed by atoms with E-state index in [1.165, 1.54) is 30.3 Å². The Hall–Kier alpha value is -3.21. The molecule has 128 valence electrons. The monoisotopic (exact) mass is 338 g/mol. The fraction of sp³-hybridized carbons (Fsp3) is 0.150. The standard InChI is InChI=1S/C20H18O5/c1-12(2)7-8-24-18-9-15(22)10-19-20(18)16(23)11-17(25-19)13-3-5-14(21)6-4-13/h3-7,9-11,21-22H,8H2,1-2H3. The lowest BCUT2D eigenvalue weighted by Gasteiger charge is -2.09. The first-order valence-electron chi connectivity index (χ1n) is 7.80. The van der Waals surface area contributed by atoms with E-state index in [0.29, 0.717) is 17.9 Å². The Kier molecular flexibility index (Phi) is 4.48. The quantitative estimate of drug-likeness (QED) is 0.696. The number of ether oxygens (including phenoxy) is 1. The molecule has 0 radical (unpaired) electrons. The molecule has 2 aromatic carbocycles. The zero-order valence-corrected chi connectivity index (χ0v) is 13.9. The summed E-state index contributed by atoms with van der Waals surface area (Å²) in [5.74, 6) is 0.696. The molecule has 0 bridgehead atoms. The number of allylic oxidation sites excluding steroid dienone is 1. The fourth-order valence-corrected chi connectivity index (χ4v) is 2.42.